The van der Waals surface area contributed by atoms with Crippen LogP contribution in [0.4, 0.5) is 0 Å². The predicted molar refractivity (Wildman–Crippen MR) is 78.0 cm³/mol. The molecule has 1 aliphatic rings. The summed E-state index contributed by atoms with van der Waals surface area (Å²) in [5.41, 5.74) is 4.28. The zero-order valence-corrected chi connectivity index (χ0v) is 11.4. The topological polar surface area (TPSA) is 50.2 Å². The van der Waals surface area contributed by atoms with Crippen molar-refractivity contribution in [2.24, 2.45) is 0 Å². The summed E-state index contributed by atoms with van der Waals surface area (Å²) in [6.07, 6.45) is 7.24. The average molecular weight is 286 g/mol. The van der Waals surface area contributed by atoms with Crippen molar-refractivity contribution < 1.29 is 9.90 Å². The first-order chi connectivity index (χ1) is 9.66. The van der Waals surface area contributed by atoms with Crippen molar-refractivity contribution >= 4 is 23.1 Å². The lowest BCUT2D eigenvalue weighted by Gasteiger charge is -2.19. The Labute approximate surface area is 121 Å². The maximum absolute atomic E-state index is 11.1. The second kappa shape index (κ2) is 5.10. The van der Waals surface area contributed by atoms with Gasteiger partial charge in [0.25, 0.3) is 0 Å². The van der Waals surface area contributed by atoms with Gasteiger partial charge in [0.15, 0.2) is 0 Å². The first kappa shape index (κ1) is 12.9. The van der Waals surface area contributed by atoms with Crippen molar-refractivity contribution in [2.45, 2.75) is 12.8 Å². The lowest BCUT2D eigenvalue weighted by Crippen LogP contribution is -2.05. The molecule has 1 aliphatic carbocycles. The highest BCUT2D eigenvalue weighted by Gasteiger charge is 2.18. The standard InChI is InChI=1S/C16H12ClNO2/c17-15-9-18-7-6-13(15)12-3-1-2-10-4-5-11(16(19)20)8-14(10)12/h3-9H,1-2H2,(H,19,20). The van der Waals surface area contributed by atoms with E-state index in [1.54, 1.807) is 24.5 Å². The summed E-state index contributed by atoms with van der Waals surface area (Å²) in [5.74, 6) is -0.918. The largest absolute Gasteiger partial charge is 0.478 e. The molecule has 0 aliphatic heterocycles. The van der Waals surface area contributed by atoms with E-state index in [-0.39, 0.29) is 0 Å². The fourth-order valence-electron chi connectivity index (χ4n) is 2.51. The van der Waals surface area contributed by atoms with E-state index in [1.807, 2.05) is 12.1 Å². The van der Waals surface area contributed by atoms with Crippen LogP contribution in [0.25, 0.3) is 5.57 Å². The van der Waals surface area contributed by atoms with Crippen molar-refractivity contribution in [1.82, 2.24) is 4.98 Å². The Balaban J connectivity index is 2.17. The molecule has 3 nitrogen and oxygen atoms in total. The average Bonchev–Trinajstić information content (AvgIpc) is 2.46. The van der Waals surface area contributed by atoms with Crippen LogP contribution in [0.2, 0.25) is 5.02 Å². The lowest BCUT2D eigenvalue weighted by molar-refractivity contribution is 0.0697. The summed E-state index contributed by atoms with van der Waals surface area (Å²) >= 11 is 6.21. The van der Waals surface area contributed by atoms with Gasteiger partial charge < -0.3 is 5.11 Å². The summed E-state index contributed by atoms with van der Waals surface area (Å²) < 4.78 is 0. The van der Waals surface area contributed by atoms with E-state index in [0.717, 1.165) is 35.1 Å². The van der Waals surface area contributed by atoms with E-state index in [0.29, 0.717) is 10.6 Å². The Morgan fingerprint density at radius 2 is 2.10 bits per heavy atom. The van der Waals surface area contributed by atoms with E-state index in [4.69, 9.17) is 16.7 Å². The van der Waals surface area contributed by atoms with Crippen molar-refractivity contribution in [3.05, 3.63) is 70.0 Å². The normalized spacial score (nSPS) is 13.6. The van der Waals surface area contributed by atoms with Crippen LogP contribution in [0, 0.1) is 0 Å². The molecule has 0 spiro atoms. The third-order valence-corrected chi connectivity index (χ3v) is 3.77. The number of carboxylic acids is 1. The van der Waals surface area contributed by atoms with E-state index in [9.17, 15) is 4.79 Å². The van der Waals surface area contributed by atoms with Crippen molar-refractivity contribution in [1.29, 1.82) is 0 Å². The maximum Gasteiger partial charge on any atom is 0.335 e. The van der Waals surface area contributed by atoms with Gasteiger partial charge in [0.05, 0.1) is 10.6 Å². The number of halogens is 1. The molecule has 1 aromatic heterocycles. The highest BCUT2D eigenvalue weighted by Crippen LogP contribution is 2.35. The minimum Gasteiger partial charge on any atom is -0.478 e. The molecule has 0 saturated heterocycles. The Morgan fingerprint density at radius 3 is 2.85 bits per heavy atom. The number of nitrogens with zero attached hydrogens (tertiary/aromatic N) is 1. The Hall–Kier alpha value is -2.13. The number of hydrogen-bond acceptors (Lipinski definition) is 2. The summed E-state index contributed by atoms with van der Waals surface area (Å²) in [6.45, 7) is 0. The quantitative estimate of drug-likeness (QED) is 0.913. The molecule has 0 radical (unpaired) electrons. The van der Waals surface area contributed by atoms with Gasteiger partial charge in [-0.15, -0.1) is 0 Å². The SMILES string of the molecule is O=C(O)c1ccc2c(c1)C(c1ccncc1Cl)=CCC2. The van der Waals surface area contributed by atoms with Gasteiger partial charge in [0.1, 0.15) is 0 Å². The molecular weight excluding hydrogens is 274 g/mol. The molecule has 4 heteroatoms. The van der Waals surface area contributed by atoms with Gasteiger partial charge in [-0.2, -0.15) is 0 Å². The third-order valence-electron chi connectivity index (χ3n) is 3.47. The summed E-state index contributed by atoms with van der Waals surface area (Å²) in [7, 11) is 0. The summed E-state index contributed by atoms with van der Waals surface area (Å²) in [6, 6.07) is 7.12. The third kappa shape index (κ3) is 2.21. The van der Waals surface area contributed by atoms with Crippen LogP contribution < -0.4 is 0 Å². The second-order valence-electron chi connectivity index (χ2n) is 4.69. The fourth-order valence-corrected chi connectivity index (χ4v) is 2.73. The number of benzene rings is 1. The molecule has 1 N–H and O–H groups in total. The minimum absolute atomic E-state index is 0.293. The van der Waals surface area contributed by atoms with Gasteiger partial charge in [0, 0.05) is 18.0 Å². The zero-order valence-electron chi connectivity index (χ0n) is 10.6. The van der Waals surface area contributed by atoms with Crippen LogP contribution in [0.15, 0.2) is 42.7 Å². The monoisotopic (exact) mass is 285 g/mol. The molecule has 0 unspecified atom stereocenters. The number of carboxylic acid groups (broad SMARTS) is 1. The minimum atomic E-state index is -0.918. The van der Waals surface area contributed by atoms with Gasteiger partial charge in [-0.3, -0.25) is 4.98 Å². The number of aromatic carboxylic acids is 1. The summed E-state index contributed by atoms with van der Waals surface area (Å²) in [5, 5.41) is 9.72. The summed E-state index contributed by atoms with van der Waals surface area (Å²) in [4.78, 5) is 15.1. The van der Waals surface area contributed by atoms with Crippen LogP contribution in [0.5, 0.6) is 0 Å². The molecule has 0 fully saturated rings. The molecular formula is C16H12ClNO2. The van der Waals surface area contributed by atoms with E-state index >= 15 is 0 Å². The number of carbonyl (C=O) groups is 1. The van der Waals surface area contributed by atoms with E-state index in [1.165, 1.54) is 0 Å². The highest BCUT2D eigenvalue weighted by molar-refractivity contribution is 6.32. The van der Waals surface area contributed by atoms with Gasteiger partial charge in [0.2, 0.25) is 0 Å². The smallest absolute Gasteiger partial charge is 0.335 e. The Bertz CT molecular complexity index is 722. The molecule has 3 rings (SSSR count). The number of hydrogen-bond donors (Lipinski definition) is 1. The number of fused-ring (bicyclic) bond motifs is 1. The van der Waals surface area contributed by atoms with Gasteiger partial charge in [-0.25, -0.2) is 4.79 Å². The van der Waals surface area contributed by atoms with Gasteiger partial charge >= 0.3 is 5.97 Å². The molecule has 20 heavy (non-hydrogen) atoms. The van der Waals surface area contributed by atoms with Crippen LogP contribution >= 0.6 is 11.6 Å². The van der Waals surface area contributed by atoms with Crippen LogP contribution in [0.3, 0.4) is 0 Å². The molecule has 0 atom stereocenters. The van der Waals surface area contributed by atoms with Crippen molar-refractivity contribution in [2.75, 3.05) is 0 Å². The van der Waals surface area contributed by atoms with Crippen molar-refractivity contribution in [3.8, 4) is 0 Å². The molecule has 1 heterocycles. The number of aromatic nitrogens is 1. The van der Waals surface area contributed by atoms with Crippen LogP contribution in [0.1, 0.15) is 33.5 Å². The predicted octanol–water partition coefficient (Wildman–Crippen LogP) is 3.81. The molecule has 100 valence electrons. The fraction of sp³-hybridized carbons (Fsp3) is 0.125. The Morgan fingerprint density at radius 1 is 1.25 bits per heavy atom. The van der Waals surface area contributed by atoms with E-state index < -0.39 is 5.97 Å². The van der Waals surface area contributed by atoms with Crippen LogP contribution in [-0.2, 0) is 6.42 Å². The number of aryl methyl sites for hydroxylation is 1. The Kier molecular flexibility index (Phi) is 3.28. The molecule has 0 saturated carbocycles. The zero-order chi connectivity index (χ0) is 14.1. The number of rotatable bonds is 2. The maximum atomic E-state index is 11.1. The number of pyridine rings is 1. The van der Waals surface area contributed by atoms with Crippen molar-refractivity contribution in [3.63, 3.8) is 0 Å². The van der Waals surface area contributed by atoms with Crippen LogP contribution in [-0.4, -0.2) is 16.1 Å². The molecule has 0 bridgehead atoms. The van der Waals surface area contributed by atoms with E-state index in [2.05, 4.69) is 11.1 Å². The van der Waals surface area contributed by atoms with Gasteiger partial charge in [-0.1, -0.05) is 23.7 Å². The highest BCUT2D eigenvalue weighted by atomic mass is 35.5. The molecule has 1 aromatic carbocycles. The first-order valence-electron chi connectivity index (χ1n) is 6.33. The molecule has 0 amide bonds. The second-order valence-corrected chi connectivity index (χ2v) is 5.10. The van der Waals surface area contributed by atoms with Gasteiger partial charge in [-0.05, 0) is 47.7 Å². The lowest BCUT2D eigenvalue weighted by atomic mass is 9.86. The molecule has 2 aromatic rings. The number of allylic oxidation sites excluding steroid dienone is 1. The first-order valence-corrected chi connectivity index (χ1v) is 6.71.